The van der Waals surface area contributed by atoms with Gasteiger partial charge in [-0.3, -0.25) is 9.59 Å². The van der Waals surface area contributed by atoms with Crippen molar-refractivity contribution in [3.63, 3.8) is 0 Å². The molecule has 0 saturated carbocycles. The lowest BCUT2D eigenvalue weighted by molar-refractivity contribution is 0.0664. The number of nitrogens with one attached hydrogen (secondary N) is 1. The maximum absolute atomic E-state index is 13.2. The molecule has 7 heteroatoms. The number of piperazine rings is 2. The highest BCUT2D eigenvalue weighted by Crippen LogP contribution is 2.22. The minimum atomic E-state index is -0.209. The zero-order chi connectivity index (χ0) is 24.2. The SMILES string of the molecule is Cc1ccc(N2CCN(C)CC2)cc1C(=O)NC(C)c1cccc(C(=O)N2CCN(C)CC2)c1. The number of likely N-dealkylation sites (N-methyl/N-ethyl adjacent to an activating group) is 2. The highest BCUT2D eigenvalue weighted by atomic mass is 16.2. The fraction of sp³-hybridized carbons (Fsp3) is 0.481. The minimum Gasteiger partial charge on any atom is -0.369 e. The molecule has 2 aromatic carbocycles. The number of benzene rings is 2. The second kappa shape index (κ2) is 10.6. The summed E-state index contributed by atoms with van der Waals surface area (Å²) >= 11 is 0. The number of carbonyl (C=O) groups is 2. The van der Waals surface area contributed by atoms with Crippen LogP contribution >= 0.6 is 0 Å². The number of rotatable bonds is 5. The molecule has 2 aliphatic rings. The van der Waals surface area contributed by atoms with Crippen LogP contribution in [0, 0.1) is 6.92 Å². The number of hydrogen-bond acceptors (Lipinski definition) is 5. The number of carbonyl (C=O) groups excluding carboxylic acids is 2. The molecule has 182 valence electrons. The highest BCUT2D eigenvalue weighted by Gasteiger charge is 2.22. The van der Waals surface area contributed by atoms with Crippen LogP contribution in [0.1, 0.15) is 44.8 Å². The van der Waals surface area contributed by atoms with Crippen LogP contribution in [0.4, 0.5) is 5.69 Å². The minimum absolute atomic E-state index is 0.0594. The van der Waals surface area contributed by atoms with Crippen LogP contribution in [0.25, 0.3) is 0 Å². The van der Waals surface area contributed by atoms with E-state index in [1.807, 2.05) is 55.1 Å². The van der Waals surface area contributed by atoms with E-state index in [1.54, 1.807) is 0 Å². The fourth-order valence-electron chi connectivity index (χ4n) is 4.61. The summed E-state index contributed by atoms with van der Waals surface area (Å²) in [6.45, 7) is 11.2. The lowest BCUT2D eigenvalue weighted by Gasteiger charge is -2.34. The molecule has 2 amide bonds. The summed E-state index contributed by atoms with van der Waals surface area (Å²) < 4.78 is 0. The van der Waals surface area contributed by atoms with Crippen LogP contribution in [0.15, 0.2) is 42.5 Å². The molecule has 2 fully saturated rings. The van der Waals surface area contributed by atoms with Gasteiger partial charge in [-0.25, -0.2) is 0 Å². The van der Waals surface area contributed by atoms with Gasteiger partial charge in [0.2, 0.25) is 0 Å². The summed E-state index contributed by atoms with van der Waals surface area (Å²) in [6, 6.07) is 13.6. The molecule has 2 aromatic rings. The molecular weight excluding hydrogens is 426 g/mol. The maximum atomic E-state index is 13.2. The van der Waals surface area contributed by atoms with E-state index in [4.69, 9.17) is 0 Å². The highest BCUT2D eigenvalue weighted by molar-refractivity contribution is 5.97. The molecule has 0 aliphatic carbocycles. The molecule has 2 saturated heterocycles. The molecule has 0 spiro atoms. The third kappa shape index (κ3) is 5.59. The zero-order valence-corrected chi connectivity index (χ0v) is 20.9. The van der Waals surface area contributed by atoms with Crippen molar-refractivity contribution < 1.29 is 9.59 Å². The molecule has 2 aliphatic heterocycles. The molecule has 1 unspecified atom stereocenters. The van der Waals surface area contributed by atoms with Crippen LogP contribution in [-0.4, -0.2) is 93.0 Å². The Morgan fingerprint density at radius 1 is 0.853 bits per heavy atom. The Hall–Kier alpha value is -2.90. The second-order valence-electron chi connectivity index (χ2n) is 9.71. The number of hydrogen-bond donors (Lipinski definition) is 1. The van der Waals surface area contributed by atoms with Crippen molar-refractivity contribution >= 4 is 17.5 Å². The number of anilines is 1. The number of amides is 2. The summed E-state index contributed by atoms with van der Waals surface area (Å²) in [4.78, 5) is 35.0. The smallest absolute Gasteiger partial charge is 0.253 e. The van der Waals surface area contributed by atoms with Crippen molar-refractivity contribution in [1.29, 1.82) is 0 Å². The van der Waals surface area contributed by atoms with Crippen molar-refractivity contribution in [2.24, 2.45) is 0 Å². The number of nitrogens with zero attached hydrogens (tertiary/aromatic N) is 4. The van der Waals surface area contributed by atoms with Gasteiger partial charge in [0.25, 0.3) is 11.8 Å². The van der Waals surface area contributed by atoms with E-state index in [9.17, 15) is 9.59 Å². The van der Waals surface area contributed by atoms with Crippen LogP contribution in [-0.2, 0) is 0 Å². The summed E-state index contributed by atoms with van der Waals surface area (Å²) in [5.74, 6) is -0.0269. The Labute approximate surface area is 203 Å². The lowest BCUT2D eigenvalue weighted by Crippen LogP contribution is -2.47. The monoisotopic (exact) mass is 463 g/mol. The summed E-state index contributed by atoms with van der Waals surface area (Å²) in [6.07, 6.45) is 0. The normalized spacial score (nSPS) is 18.6. The van der Waals surface area contributed by atoms with Gasteiger partial charge >= 0.3 is 0 Å². The zero-order valence-electron chi connectivity index (χ0n) is 20.9. The van der Waals surface area contributed by atoms with Gasteiger partial charge in [0, 0.05) is 69.2 Å². The van der Waals surface area contributed by atoms with E-state index in [-0.39, 0.29) is 17.9 Å². The lowest BCUT2D eigenvalue weighted by atomic mass is 10.0. The molecule has 0 bridgehead atoms. The first-order valence-corrected chi connectivity index (χ1v) is 12.2. The van der Waals surface area contributed by atoms with E-state index in [0.717, 1.165) is 69.2 Å². The predicted molar refractivity (Wildman–Crippen MR) is 137 cm³/mol. The first-order chi connectivity index (χ1) is 16.3. The van der Waals surface area contributed by atoms with Gasteiger partial charge in [-0.2, -0.15) is 0 Å². The largest absolute Gasteiger partial charge is 0.369 e. The van der Waals surface area contributed by atoms with E-state index in [2.05, 4.69) is 40.2 Å². The van der Waals surface area contributed by atoms with Crippen molar-refractivity contribution in [3.8, 4) is 0 Å². The Bertz CT molecular complexity index is 1020. The molecule has 2 heterocycles. The first kappa shape index (κ1) is 24.2. The summed E-state index contributed by atoms with van der Waals surface area (Å²) in [7, 11) is 4.22. The molecule has 1 N–H and O–H groups in total. The third-order valence-electron chi connectivity index (χ3n) is 7.11. The summed E-state index contributed by atoms with van der Waals surface area (Å²) in [5.41, 5.74) is 4.36. The summed E-state index contributed by atoms with van der Waals surface area (Å²) in [5, 5.41) is 3.14. The molecule has 0 radical (unpaired) electrons. The molecule has 4 rings (SSSR count). The molecule has 0 aromatic heterocycles. The molecule has 7 nitrogen and oxygen atoms in total. The van der Waals surface area contributed by atoms with Crippen LogP contribution in [0.2, 0.25) is 0 Å². The van der Waals surface area contributed by atoms with E-state index in [0.29, 0.717) is 11.1 Å². The van der Waals surface area contributed by atoms with Gasteiger partial charge in [-0.15, -0.1) is 0 Å². The molecule has 34 heavy (non-hydrogen) atoms. The van der Waals surface area contributed by atoms with Crippen LogP contribution in [0.3, 0.4) is 0 Å². The Morgan fingerprint density at radius 3 is 2.18 bits per heavy atom. The van der Waals surface area contributed by atoms with Crippen LogP contribution < -0.4 is 10.2 Å². The van der Waals surface area contributed by atoms with Gasteiger partial charge in [-0.1, -0.05) is 18.2 Å². The average molecular weight is 464 g/mol. The third-order valence-corrected chi connectivity index (χ3v) is 7.11. The van der Waals surface area contributed by atoms with Crippen molar-refractivity contribution in [2.45, 2.75) is 19.9 Å². The van der Waals surface area contributed by atoms with Gasteiger partial charge in [0.1, 0.15) is 0 Å². The van der Waals surface area contributed by atoms with Gasteiger partial charge < -0.3 is 24.9 Å². The van der Waals surface area contributed by atoms with Gasteiger partial charge in [-0.05, 0) is 63.3 Å². The maximum Gasteiger partial charge on any atom is 0.253 e. The first-order valence-electron chi connectivity index (χ1n) is 12.2. The Morgan fingerprint density at radius 2 is 1.50 bits per heavy atom. The van der Waals surface area contributed by atoms with Crippen LogP contribution in [0.5, 0.6) is 0 Å². The number of aryl methyl sites for hydroxylation is 1. The fourth-order valence-corrected chi connectivity index (χ4v) is 4.61. The topological polar surface area (TPSA) is 59.1 Å². The van der Waals surface area contributed by atoms with E-state index < -0.39 is 0 Å². The van der Waals surface area contributed by atoms with E-state index in [1.165, 1.54) is 0 Å². The standard InChI is InChI=1S/C27H37N5O2/c1-20-8-9-24(31-14-10-29(3)11-15-31)19-25(20)26(33)28-21(2)22-6-5-7-23(18-22)27(34)32-16-12-30(4)13-17-32/h5-9,18-19,21H,10-17H2,1-4H3,(H,28,33). The average Bonchev–Trinajstić information content (AvgIpc) is 2.85. The van der Waals surface area contributed by atoms with E-state index >= 15 is 0 Å². The van der Waals surface area contributed by atoms with Crippen molar-refractivity contribution in [1.82, 2.24) is 20.0 Å². The Balaban J connectivity index is 1.44. The van der Waals surface area contributed by atoms with Gasteiger partial charge in [0.05, 0.1) is 6.04 Å². The van der Waals surface area contributed by atoms with Crippen molar-refractivity contribution in [3.05, 3.63) is 64.7 Å². The van der Waals surface area contributed by atoms with Crippen molar-refractivity contribution in [2.75, 3.05) is 71.4 Å². The molecule has 1 atom stereocenters. The quantitative estimate of drug-likeness (QED) is 0.739. The predicted octanol–water partition coefficient (Wildman–Crippen LogP) is 2.63. The van der Waals surface area contributed by atoms with Gasteiger partial charge in [0.15, 0.2) is 0 Å². The molecular formula is C27H37N5O2. The Kier molecular flexibility index (Phi) is 7.54. The second-order valence-corrected chi connectivity index (χ2v) is 9.71.